The molecule has 0 spiro atoms. The topological polar surface area (TPSA) is 6.48 Å². The van der Waals surface area contributed by atoms with E-state index >= 15 is 0 Å². The van der Waals surface area contributed by atoms with Crippen LogP contribution in [0.3, 0.4) is 0 Å². The molecule has 0 aromatic rings. The van der Waals surface area contributed by atoms with Gasteiger partial charge >= 0.3 is 0 Å². The zero-order valence-electron chi connectivity index (χ0n) is 7.67. The fraction of sp³-hybridized carbons (Fsp3) is 0.667. The number of rotatable bonds is 3. The van der Waals surface area contributed by atoms with Gasteiger partial charge in [-0.15, -0.1) is 0 Å². The molecule has 0 bridgehead atoms. The minimum absolute atomic E-state index is 1.07. The molecule has 63 valence electrons. The Kier molecular flexibility index (Phi) is 2.80. The van der Waals surface area contributed by atoms with E-state index in [1.165, 1.54) is 5.70 Å². The van der Waals surface area contributed by atoms with Crippen molar-refractivity contribution in [2.45, 2.75) is 27.2 Å². The van der Waals surface area contributed by atoms with Gasteiger partial charge in [-0.3, -0.25) is 0 Å². The van der Waals surface area contributed by atoms with Crippen molar-refractivity contribution >= 4 is 0 Å². The first-order chi connectivity index (χ1) is 5.31. The lowest BCUT2D eigenvalue weighted by molar-refractivity contribution is 0.348. The van der Waals surface area contributed by atoms with Crippen LogP contribution in [0.4, 0.5) is 0 Å². The fourth-order valence-electron chi connectivity index (χ4n) is 1.30. The van der Waals surface area contributed by atoms with Crippen LogP contribution in [0.5, 0.6) is 0 Å². The molecular weight excluding hydrogens is 136 g/mol. The van der Waals surface area contributed by atoms with E-state index in [9.17, 15) is 0 Å². The zero-order valence-corrected chi connectivity index (χ0v) is 7.67. The monoisotopic (exact) mass is 153 g/mol. The molecule has 1 rings (SSSR count). The van der Waals surface area contributed by atoms with Gasteiger partial charge in [0, 0.05) is 25.0 Å². The Morgan fingerprint density at radius 2 is 1.91 bits per heavy atom. The lowest BCUT2D eigenvalue weighted by Crippen LogP contribution is -2.20. The first-order valence-corrected chi connectivity index (χ1v) is 4.39. The zero-order chi connectivity index (χ0) is 8.27. The summed E-state index contributed by atoms with van der Waals surface area (Å²) in [4.78, 5) is 4.52. The predicted molar refractivity (Wildman–Crippen MR) is 47.4 cm³/mol. The Balaban J connectivity index is 2.55. The highest BCUT2D eigenvalue weighted by molar-refractivity contribution is 5.09. The molecule has 1 heterocycles. The standard InChI is InChI=1S/C9H17N2/c1-4-9-7-10(5-2)8-11(9)6-3/h7-8H,4-6H2,1-3H3. The van der Waals surface area contributed by atoms with Crippen LogP contribution in [0.25, 0.3) is 0 Å². The first-order valence-electron chi connectivity index (χ1n) is 4.39. The lowest BCUT2D eigenvalue weighted by Gasteiger charge is -2.19. The summed E-state index contributed by atoms with van der Waals surface area (Å²) in [5.41, 5.74) is 1.43. The lowest BCUT2D eigenvalue weighted by atomic mass is 10.3. The van der Waals surface area contributed by atoms with E-state index < -0.39 is 0 Å². The third-order valence-electron chi connectivity index (χ3n) is 2.04. The molecule has 0 aliphatic carbocycles. The first kappa shape index (κ1) is 8.44. The van der Waals surface area contributed by atoms with Gasteiger partial charge in [0.15, 0.2) is 0 Å². The number of hydrogen-bond donors (Lipinski definition) is 0. The van der Waals surface area contributed by atoms with E-state index in [0.717, 1.165) is 19.5 Å². The molecule has 0 fully saturated rings. The summed E-state index contributed by atoms with van der Waals surface area (Å²) in [7, 11) is 0. The van der Waals surface area contributed by atoms with Crippen LogP contribution >= 0.6 is 0 Å². The van der Waals surface area contributed by atoms with Gasteiger partial charge in [-0.2, -0.15) is 0 Å². The molecule has 0 aromatic heterocycles. The van der Waals surface area contributed by atoms with E-state index in [4.69, 9.17) is 0 Å². The molecule has 0 aromatic carbocycles. The number of nitrogens with zero attached hydrogens (tertiary/aromatic N) is 2. The largest absolute Gasteiger partial charge is 0.353 e. The van der Waals surface area contributed by atoms with E-state index in [1.54, 1.807) is 0 Å². The van der Waals surface area contributed by atoms with Gasteiger partial charge in [0.25, 0.3) is 0 Å². The summed E-state index contributed by atoms with van der Waals surface area (Å²) in [6.45, 7) is 10.9. The minimum Gasteiger partial charge on any atom is -0.353 e. The smallest absolute Gasteiger partial charge is 0.141 e. The Hall–Kier alpha value is -0.660. The molecule has 0 amide bonds. The summed E-state index contributed by atoms with van der Waals surface area (Å²) in [6.07, 6.45) is 3.35. The van der Waals surface area contributed by atoms with E-state index in [1.807, 2.05) is 0 Å². The molecular formula is C9H17N2. The van der Waals surface area contributed by atoms with Crippen LogP contribution in [0.1, 0.15) is 27.2 Å². The van der Waals surface area contributed by atoms with Crippen molar-refractivity contribution < 1.29 is 0 Å². The van der Waals surface area contributed by atoms with Gasteiger partial charge in [-0.1, -0.05) is 6.92 Å². The van der Waals surface area contributed by atoms with Gasteiger partial charge in [-0.05, 0) is 20.3 Å². The van der Waals surface area contributed by atoms with Crippen LogP contribution in [0.2, 0.25) is 0 Å². The highest BCUT2D eigenvalue weighted by Gasteiger charge is 2.16. The Morgan fingerprint density at radius 3 is 2.27 bits per heavy atom. The highest BCUT2D eigenvalue weighted by atomic mass is 15.3. The summed E-state index contributed by atoms with van der Waals surface area (Å²) >= 11 is 0. The van der Waals surface area contributed by atoms with Gasteiger partial charge in [0.2, 0.25) is 0 Å². The maximum Gasteiger partial charge on any atom is 0.141 e. The number of hydrogen-bond acceptors (Lipinski definition) is 2. The van der Waals surface area contributed by atoms with Crippen molar-refractivity contribution in [3.8, 4) is 0 Å². The molecule has 2 nitrogen and oxygen atoms in total. The third-order valence-corrected chi connectivity index (χ3v) is 2.04. The van der Waals surface area contributed by atoms with E-state index in [-0.39, 0.29) is 0 Å². The Labute approximate surface area is 69.5 Å². The average molecular weight is 153 g/mol. The molecule has 0 saturated carbocycles. The second-order valence-corrected chi connectivity index (χ2v) is 2.71. The third kappa shape index (κ3) is 1.67. The van der Waals surface area contributed by atoms with Crippen molar-refractivity contribution in [3.63, 3.8) is 0 Å². The van der Waals surface area contributed by atoms with Gasteiger partial charge in [0.05, 0.1) is 0 Å². The molecule has 11 heavy (non-hydrogen) atoms. The summed E-state index contributed by atoms with van der Waals surface area (Å²) in [5, 5.41) is 0. The molecule has 1 aliphatic rings. The Bertz CT molecular complexity index is 152. The molecule has 2 heteroatoms. The second kappa shape index (κ2) is 3.65. The van der Waals surface area contributed by atoms with Gasteiger partial charge in [0.1, 0.15) is 6.67 Å². The summed E-state index contributed by atoms with van der Waals surface area (Å²) in [6, 6.07) is 0. The predicted octanol–water partition coefficient (Wildman–Crippen LogP) is 2.01. The van der Waals surface area contributed by atoms with Gasteiger partial charge < -0.3 is 9.80 Å². The van der Waals surface area contributed by atoms with Crippen LogP contribution in [-0.2, 0) is 0 Å². The molecule has 0 saturated heterocycles. The van der Waals surface area contributed by atoms with E-state index in [2.05, 4.69) is 43.4 Å². The van der Waals surface area contributed by atoms with Crippen LogP contribution in [0.15, 0.2) is 11.9 Å². The van der Waals surface area contributed by atoms with Crippen LogP contribution in [0, 0.1) is 6.67 Å². The maximum absolute atomic E-state index is 2.30. The van der Waals surface area contributed by atoms with Crippen molar-refractivity contribution in [2.24, 2.45) is 0 Å². The maximum atomic E-state index is 2.30. The highest BCUT2D eigenvalue weighted by Crippen LogP contribution is 2.20. The van der Waals surface area contributed by atoms with Crippen molar-refractivity contribution in [2.75, 3.05) is 13.1 Å². The van der Waals surface area contributed by atoms with Crippen LogP contribution in [-0.4, -0.2) is 22.9 Å². The second-order valence-electron chi connectivity index (χ2n) is 2.71. The SMILES string of the molecule is CCC1=CN(CC)[CH]N1CC. The average Bonchev–Trinajstić information content (AvgIpc) is 2.46. The molecule has 0 atom stereocenters. The normalized spacial score (nSPS) is 17.5. The minimum atomic E-state index is 1.07. The molecule has 1 radical (unpaired) electrons. The molecule has 0 unspecified atom stereocenters. The van der Waals surface area contributed by atoms with Crippen molar-refractivity contribution in [1.29, 1.82) is 0 Å². The van der Waals surface area contributed by atoms with Gasteiger partial charge in [-0.25, -0.2) is 0 Å². The van der Waals surface area contributed by atoms with Crippen molar-refractivity contribution in [1.82, 2.24) is 9.80 Å². The molecule has 0 N–H and O–H groups in total. The van der Waals surface area contributed by atoms with Crippen molar-refractivity contribution in [3.05, 3.63) is 18.6 Å². The number of allylic oxidation sites excluding steroid dienone is 1. The fourth-order valence-corrected chi connectivity index (χ4v) is 1.30. The van der Waals surface area contributed by atoms with E-state index in [0.29, 0.717) is 0 Å². The van der Waals surface area contributed by atoms with Crippen LogP contribution < -0.4 is 0 Å². The summed E-state index contributed by atoms with van der Waals surface area (Å²) in [5.74, 6) is 0. The molecule has 1 aliphatic heterocycles. The Morgan fingerprint density at radius 1 is 1.18 bits per heavy atom. The quantitative estimate of drug-likeness (QED) is 0.612. The summed E-state index contributed by atoms with van der Waals surface area (Å²) < 4.78 is 0.